The highest BCUT2D eigenvalue weighted by molar-refractivity contribution is 5.92. The number of hydrogen-bond donors (Lipinski definition) is 1. The lowest BCUT2D eigenvalue weighted by molar-refractivity contribution is -0.270. The van der Waals surface area contributed by atoms with Crippen LogP contribution in [0.4, 0.5) is 9.59 Å². The van der Waals surface area contributed by atoms with Crippen LogP contribution in [-0.2, 0) is 30.5 Å². The number of fused-ring (bicyclic) bond motifs is 1. The summed E-state index contributed by atoms with van der Waals surface area (Å²) in [5.41, 5.74) is 0.321. The summed E-state index contributed by atoms with van der Waals surface area (Å²) in [7, 11) is 2.08. The molecule has 3 atom stereocenters. The van der Waals surface area contributed by atoms with E-state index >= 15 is 0 Å². The zero-order valence-electron chi connectivity index (χ0n) is 30.1. The molecule has 49 heavy (non-hydrogen) atoms. The monoisotopic (exact) mass is 684 g/mol. The van der Waals surface area contributed by atoms with Crippen LogP contribution in [0.1, 0.15) is 78.7 Å². The van der Waals surface area contributed by atoms with Crippen LogP contribution < -0.4 is 5.32 Å². The fourth-order valence-electron chi connectivity index (χ4n) is 7.05. The van der Waals surface area contributed by atoms with Gasteiger partial charge in [0.25, 0.3) is 5.91 Å². The van der Waals surface area contributed by atoms with Crippen molar-refractivity contribution in [3.8, 4) is 0 Å². The lowest BCUT2D eigenvalue weighted by atomic mass is 9.95. The highest BCUT2D eigenvalue weighted by atomic mass is 16.7. The van der Waals surface area contributed by atoms with Gasteiger partial charge < -0.3 is 34.4 Å². The van der Waals surface area contributed by atoms with Gasteiger partial charge in [0, 0.05) is 25.2 Å². The number of hydrogen-bond acceptors (Lipinski definition) is 9. The molecule has 0 saturated carbocycles. The minimum Gasteiger partial charge on any atom is -0.444 e. The van der Waals surface area contributed by atoms with E-state index in [1.54, 1.807) is 9.80 Å². The lowest BCUT2D eigenvalue weighted by Crippen LogP contribution is -2.74. The van der Waals surface area contributed by atoms with Crippen LogP contribution in [0.2, 0.25) is 0 Å². The largest absolute Gasteiger partial charge is 0.444 e. The third-order valence-electron chi connectivity index (χ3n) is 9.70. The first-order valence-electron chi connectivity index (χ1n) is 18.0. The highest BCUT2D eigenvalue weighted by Gasteiger charge is 2.54. The molecule has 13 nitrogen and oxygen atoms in total. The number of carbonyl (C=O) groups is 4. The Kier molecular flexibility index (Phi) is 12.1. The quantitative estimate of drug-likeness (QED) is 0.347. The van der Waals surface area contributed by atoms with Gasteiger partial charge in [0.05, 0.1) is 6.54 Å². The molecule has 4 amide bonds. The predicted molar refractivity (Wildman–Crippen MR) is 183 cm³/mol. The lowest BCUT2D eigenvalue weighted by Gasteiger charge is -2.54. The Balaban J connectivity index is 1.26. The summed E-state index contributed by atoms with van der Waals surface area (Å²) in [5, 5.41) is 4.73. The van der Waals surface area contributed by atoms with E-state index in [0.717, 1.165) is 44.5 Å². The van der Waals surface area contributed by atoms with Crippen molar-refractivity contribution in [1.82, 2.24) is 30.0 Å². The van der Waals surface area contributed by atoms with Crippen LogP contribution in [0.3, 0.4) is 0 Å². The first-order valence-corrected chi connectivity index (χ1v) is 18.0. The predicted octanol–water partition coefficient (Wildman–Crippen LogP) is 3.82. The number of carbonyl (C=O) groups excluding carboxylic acids is 4. The second kappa shape index (κ2) is 16.1. The molecule has 0 aromatic heterocycles. The fraction of sp³-hybridized carbons (Fsp3) is 0.722. The number of benzene rings is 1. The molecule has 0 radical (unpaired) electrons. The van der Waals surface area contributed by atoms with Gasteiger partial charge in [-0.3, -0.25) is 14.4 Å². The number of ether oxygens (including phenoxy) is 2. The minimum absolute atomic E-state index is 0.0206. The molecular formula is C36H56N6O7. The normalized spacial score (nSPS) is 24.3. The first-order chi connectivity index (χ1) is 23.3. The topological polar surface area (TPSA) is 124 Å². The van der Waals surface area contributed by atoms with Crippen LogP contribution in [-0.4, -0.2) is 131 Å². The van der Waals surface area contributed by atoms with Gasteiger partial charge in [-0.25, -0.2) is 9.59 Å². The maximum Gasteiger partial charge on any atom is 0.436 e. The Morgan fingerprint density at radius 2 is 1.67 bits per heavy atom. The van der Waals surface area contributed by atoms with Gasteiger partial charge in [0.15, 0.2) is 12.3 Å². The van der Waals surface area contributed by atoms with Crippen molar-refractivity contribution in [1.29, 1.82) is 0 Å². The van der Waals surface area contributed by atoms with Gasteiger partial charge in [0.1, 0.15) is 18.2 Å². The molecule has 4 aliphatic rings. The minimum atomic E-state index is -0.890. The third kappa shape index (κ3) is 9.43. The third-order valence-corrected chi connectivity index (χ3v) is 9.70. The van der Waals surface area contributed by atoms with E-state index in [4.69, 9.17) is 14.3 Å². The van der Waals surface area contributed by atoms with Crippen LogP contribution in [0.5, 0.6) is 0 Å². The van der Waals surface area contributed by atoms with E-state index in [0.29, 0.717) is 32.4 Å². The van der Waals surface area contributed by atoms with Crippen LogP contribution in [0, 0.1) is 5.92 Å². The fourth-order valence-corrected chi connectivity index (χ4v) is 7.05. The van der Waals surface area contributed by atoms with Crippen LogP contribution >= 0.6 is 0 Å². The summed E-state index contributed by atoms with van der Waals surface area (Å²) < 4.78 is 11.2. The maximum absolute atomic E-state index is 14.3. The number of rotatable bonds is 11. The number of hydroxylamine groups is 2. The van der Waals surface area contributed by atoms with E-state index in [1.807, 2.05) is 69.9 Å². The molecule has 1 unspecified atom stereocenters. The Labute approximate surface area is 291 Å². The summed E-state index contributed by atoms with van der Waals surface area (Å²) >= 11 is 0. The number of unbranched alkanes of at least 4 members (excludes halogenated alkanes) is 1. The number of nitrogens with one attached hydrogen (secondary N) is 1. The molecule has 272 valence electrons. The summed E-state index contributed by atoms with van der Waals surface area (Å²) in [4.78, 5) is 68.1. The Morgan fingerprint density at radius 1 is 0.980 bits per heavy atom. The summed E-state index contributed by atoms with van der Waals surface area (Å²) in [6.45, 7) is 13.5. The molecule has 0 aliphatic carbocycles. The van der Waals surface area contributed by atoms with Gasteiger partial charge in [-0.05, 0) is 97.5 Å². The zero-order chi connectivity index (χ0) is 35.3. The van der Waals surface area contributed by atoms with Gasteiger partial charge in [0.2, 0.25) is 5.91 Å². The number of piperidine rings is 1. The molecule has 1 aromatic carbocycles. The van der Waals surface area contributed by atoms with E-state index < -0.39 is 30.0 Å². The molecular weight excluding hydrogens is 628 g/mol. The van der Waals surface area contributed by atoms with E-state index in [-0.39, 0.29) is 49.1 Å². The van der Waals surface area contributed by atoms with Crippen molar-refractivity contribution >= 4 is 24.0 Å². The molecule has 1 N–H and O–H groups in total. The molecule has 5 rings (SSSR count). The van der Waals surface area contributed by atoms with E-state index in [9.17, 15) is 19.2 Å². The first kappa shape index (κ1) is 36.9. The molecule has 4 heterocycles. The molecule has 4 fully saturated rings. The Hall–Kier alpha value is -3.42. The molecule has 4 saturated heterocycles. The number of nitrogens with zero attached hydrogens (tertiary/aromatic N) is 5. The Bertz CT molecular complexity index is 1290. The van der Waals surface area contributed by atoms with Crippen molar-refractivity contribution < 1.29 is 33.5 Å². The van der Waals surface area contributed by atoms with Crippen molar-refractivity contribution in [2.24, 2.45) is 5.92 Å². The molecule has 4 aliphatic heterocycles. The van der Waals surface area contributed by atoms with Crippen molar-refractivity contribution in [2.45, 2.75) is 116 Å². The maximum atomic E-state index is 14.3. The SMILES string of the molecule is CC(C)C[C@H]1ON(C(=O)OCc2ccccc2)C2CN(C3CCN(C)CC3)C(=O)[C@H](CCCCNC3CN(C(=O)OC(C)(C)C)C3)N2C1=O. The second-order valence-electron chi connectivity index (χ2n) is 15.4. The highest BCUT2D eigenvalue weighted by Crippen LogP contribution is 2.34. The van der Waals surface area contributed by atoms with Crippen molar-refractivity contribution in [3.63, 3.8) is 0 Å². The zero-order valence-corrected chi connectivity index (χ0v) is 30.1. The van der Waals surface area contributed by atoms with E-state index in [2.05, 4.69) is 17.3 Å². The Morgan fingerprint density at radius 3 is 2.33 bits per heavy atom. The number of piperazine rings is 1. The van der Waals surface area contributed by atoms with Gasteiger partial charge >= 0.3 is 12.2 Å². The number of likely N-dealkylation sites (tertiary alicyclic amines) is 2. The second-order valence-corrected chi connectivity index (χ2v) is 15.4. The van der Waals surface area contributed by atoms with Crippen molar-refractivity contribution in [2.75, 3.05) is 46.3 Å². The van der Waals surface area contributed by atoms with Crippen molar-refractivity contribution in [3.05, 3.63) is 35.9 Å². The number of amides is 4. The van der Waals surface area contributed by atoms with Gasteiger partial charge in [-0.2, -0.15) is 5.06 Å². The molecule has 0 spiro atoms. The molecule has 0 bridgehead atoms. The molecule has 13 heteroatoms. The van der Waals surface area contributed by atoms with Crippen LogP contribution in [0.25, 0.3) is 0 Å². The average Bonchev–Trinajstić information content (AvgIpc) is 3.02. The van der Waals surface area contributed by atoms with Crippen LogP contribution in [0.15, 0.2) is 30.3 Å². The summed E-state index contributed by atoms with van der Waals surface area (Å²) in [5.74, 6) is -0.171. The summed E-state index contributed by atoms with van der Waals surface area (Å²) in [6.07, 6.45) is 1.41. The average molecular weight is 685 g/mol. The van der Waals surface area contributed by atoms with Gasteiger partial charge in [-0.15, -0.1) is 0 Å². The summed E-state index contributed by atoms with van der Waals surface area (Å²) in [6, 6.07) is 8.95. The van der Waals surface area contributed by atoms with Gasteiger partial charge in [-0.1, -0.05) is 44.2 Å². The van der Waals surface area contributed by atoms with E-state index in [1.165, 1.54) is 5.06 Å². The standard InChI is InChI=1S/C36H56N6O7/c1-25(2)20-30-33(44)41-29(14-10-11-17-37-27-21-39(22-27)34(45)48-36(3,4)5)32(43)40(28-15-18-38(6)19-16-28)23-31(41)42(49-30)35(46)47-24-26-12-8-7-9-13-26/h7-9,12-13,25,27-31,37H,10-11,14-24H2,1-6H3/t29-,30+,31?/m0/s1. The molecule has 1 aromatic rings. The smallest absolute Gasteiger partial charge is 0.436 e.